The van der Waals surface area contributed by atoms with E-state index in [9.17, 15) is 19.5 Å². The highest BCUT2D eigenvalue weighted by Crippen LogP contribution is 2.46. The zero-order valence-corrected chi connectivity index (χ0v) is 20.6. The number of hydrogen-bond acceptors (Lipinski definition) is 6. The summed E-state index contributed by atoms with van der Waals surface area (Å²) in [6.07, 6.45) is 4.79. The summed E-state index contributed by atoms with van der Waals surface area (Å²) >= 11 is 0. The Labute approximate surface area is 190 Å². The molecular formula is C23H33N2O6Si-. The van der Waals surface area contributed by atoms with E-state index in [2.05, 4.69) is 26.2 Å². The number of carbonyl (C=O) groups excluding carboxylic acids is 3. The molecule has 0 radical (unpaired) electrons. The highest BCUT2D eigenvalue weighted by molar-refractivity contribution is 6.69. The van der Waals surface area contributed by atoms with Gasteiger partial charge in [0.2, 0.25) is 5.91 Å². The van der Waals surface area contributed by atoms with E-state index in [4.69, 9.17) is 9.16 Å². The molecule has 0 aromatic carbocycles. The Morgan fingerprint density at radius 3 is 2.62 bits per heavy atom. The van der Waals surface area contributed by atoms with Gasteiger partial charge in [-0.05, 0) is 63.9 Å². The molecule has 0 saturated carbocycles. The van der Waals surface area contributed by atoms with Gasteiger partial charge >= 0.3 is 6.09 Å². The molecule has 9 heteroatoms. The van der Waals surface area contributed by atoms with E-state index in [-0.39, 0.29) is 42.3 Å². The van der Waals surface area contributed by atoms with Crippen LogP contribution < -0.4 is 5.11 Å². The first kappa shape index (κ1) is 24.3. The number of β-lactam (4-membered cyclic amide) rings is 1. The molecule has 3 aliphatic rings. The molecule has 2 saturated heterocycles. The van der Waals surface area contributed by atoms with Gasteiger partial charge in [0.15, 0.2) is 8.32 Å². The number of fused-ring (bicyclic) bond motifs is 1. The Kier molecular flexibility index (Phi) is 6.99. The number of aliphatic carboxylic acids is 1. The lowest BCUT2D eigenvalue weighted by molar-refractivity contribution is -0.301. The van der Waals surface area contributed by atoms with Crippen molar-refractivity contribution >= 4 is 26.3 Å². The molecule has 32 heavy (non-hydrogen) atoms. The van der Waals surface area contributed by atoms with Crippen LogP contribution >= 0.6 is 0 Å². The summed E-state index contributed by atoms with van der Waals surface area (Å²) in [5.41, 5.74) is 1.29. The fourth-order valence-electron chi connectivity index (χ4n) is 5.02. The minimum Gasteiger partial charge on any atom is -0.543 e. The molecule has 0 spiro atoms. The molecular weight excluding hydrogens is 428 g/mol. The molecule has 0 N–H and O–H groups in total. The van der Waals surface area contributed by atoms with Gasteiger partial charge in [0.1, 0.15) is 6.61 Å². The Hall–Kier alpha value is -2.39. The standard InChI is InChI=1S/C23H34N2O6Si/c1-7-11-30-23(29)24-10-8-9-16(24)12-14(2)17-13-18-19(15(3)31-32(4,5)6)21(26)25(18)20(17)22(27)28/h7,12,15-16,18-19H,1,8-11,13H2,2-6H3,(H,27,28)/p-1/b14-12+/t15-,16+,18-,19-/m1/s1. The number of rotatable bonds is 8. The molecule has 0 unspecified atom stereocenters. The minimum absolute atomic E-state index is 0.0519. The lowest BCUT2D eigenvalue weighted by atomic mass is 9.82. The van der Waals surface area contributed by atoms with Crippen molar-refractivity contribution in [3.8, 4) is 0 Å². The lowest BCUT2D eigenvalue weighted by Crippen LogP contribution is -2.63. The van der Waals surface area contributed by atoms with Crippen LogP contribution in [0.2, 0.25) is 19.6 Å². The second-order valence-electron chi connectivity index (χ2n) is 9.67. The maximum atomic E-state index is 12.9. The first-order valence-electron chi connectivity index (χ1n) is 11.1. The predicted molar refractivity (Wildman–Crippen MR) is 120 cm³/mol. The normalized spacial score (nSPS) is 26.7. The molecule has 176 valence electrons. The van der Waals surface area contributed by atoms with Crippen LogP contribution in [0.25, 0.3) is 0 Å². The maximum absolute atomic E-state index is 12.9. The monoisotopic (exact) mass is 461 g/mol. The summed E-state index contributed by atoms with van der Waals surface area (Å²) in [5.74, 6) is -1.94. The van der Waals surface area contributed by atoms with Gasteiger partial charge in [-0.3, -0.25) is 4.79 Å². The largest absolute Gasteiger partial charge is 0.543 e. The van der Waals surface area contributed by atoms with Crippen LogP contribution in [0.5, 0.6) is 0 Å². The van der Waals surface area contributed by atoms with E-state index in [1.54, 1.807) is 4.90 Å². The quantitative estimate of drug-likeness (QED) is 0.312. The fourth-order valence-corrected chi connectivity index (χ4v) is 6.28. The molecule has 2 fully saturated rings. The molecule has 3 rings (SSSR count). The van der Waals surface area contributed by atoms with Crippen LogP contribution in [-0.4, -0.2) is 67.4 Å². The maximum Gasteiger partial charge on any atom is 0.410 e. The van der Waals surface area contributed by atoms with Crippen molar-refractivity contribution in [3.05, 3.63) is 35.6 Å². The Balaban J connectivity index is 1.81. The molecule has 0 bridgehead atoms. The van der Waals surface area contributed by atoms with Crippen molar-refractivity contribution in [3.63, 3.8) is 0 Å². The number of carboxylic acid groups (broad SMARTS) is 1. The lowest BCUT2D eigenvalue weighted by Gasteiger charge is -2.47. The van der Waals surface area contributed by atoms with Gasteiger partial charge in [0, 0.05) is 6.54 Å². The molecule has 0 aromatic heterocycles. The van der Waals surface area contributed by atoms with Crippen molar-refractivity contribution < 1.29 is 28.7 Å². The van der Waals surface area contributed by atoms with Gasteiger partial charge in [-0.15, -0.1) is 0 Å². The van der Waals surface area contributed by atoms with Crippen molar-refractivity contribution in [2.24, 2.45) is 5.92 Å². The van der Waals surface area contributed by atoms with E-state index in [1.807, 2.05) is 19.9 Å². The highest BCUT2D eigenvalue weighted by atomic mass is 28.4. The Bertz CT molecular complexity index is 874. The average molecular weight is 462 g/mol. The van der Waals surface area contributed by atoms with Gasteiger partial charge in [-0.1, -0.05) is 18.7 Å². The predicted octanol–water partition coefficient (Wildman–Crippen LogP) is 2.19. The topological polar surface area (TPSA) is 99.2 Å². The minimum atomic E-state index is -1.85. The summed E-state index contributed by atoms with van der Waals surface area (Å²) in [6, 6.07) is -0.422. The molecule has 0 aromatic rings. The van der Waals surface area contributed by atoms with E-state index < -0.39 is 20.4 Å². The smallest absolute Gasteiger partial charge is 0.410 e. The Morgan fingerprint density at radius 1 is 1.34 bits per heavy atom. The second-order valence-corrected chi connectivity index (χ2v) is 14.1. The molecule has 3 aliphatic heterocycles. The fraction of sp³-hybridized carbons (Fsp3) is 0.609. The SMILES string of the molecule is C=CCOC(=O)N1CCC[C@H]1/C=C(\C)C1=C(C(=O)[O-])N2C(=O)[C@H]([C@@H](C)O[Si](C)(C)C)[C@H]2C1. The number of nitrogens with zero attached hydrogens (tertiary/aromatic N) is 2. The van der Waals surface area contributed by atoms with Crippen LogP contribution in [-0.2, 0) is 18.8 Å². The number of carbonyl (C=O) groups is 3. The summed E-state index contributed by atoms with van der Waals surface area (Å²) in [6.45, 7) is 14.2. The van der Waals surface area contributed by atoms with E-state index >= 15 is 0 Å². The average Bonchev–Trinajstić information content (AvgIpc) is 3.27. The summed E-state index contributed by atoms with van der Waals surface area (Å²) in [5, 5.41) is 12.0. The van der Waals surface area contributed by atoms with E-state index in [0.717, 1.165) is 18.4 Å². The molecule has 2 amide bonds. The summed E-state index contributed by atoms with van der Waals surface area (Å²) in [7, 11) is -1.85. The van der Waals surface area contributed by atoms with Crippen molar-refractivity contribution in [2.45, 2.75) is 70.9 Å². The number of carboxylic acids is 1. The molecule has 4 atom stereocenters. The van der Waals surface area contributed by atoms with Crippen LogP contribution in [0.1, 0.15) is 33.1 Å². The van der Waals surface area contributed by atoms with Gasteiger partial charge in [0.25, 0.3) is 0 Å². The van der Waals surface area contributed by atoms with Crippen molar-refractivity contribution in [1.29, 1.82) is 0 Å². The van der Waals surface area contributed by atoms with Gasteiger partial charge < -0.3 is 28.9 Å². The highest BCUT2D eigenvalue weighted by Gasteiger charge is 2.56. The zero-order valence-electron chi connectivity index (χ0n) is 19.6. The Morgan fingerprint density at radius 2 is 2.03 bits per heavy atom. The zero-order chi connectivity index (χ0) is 23.8. The number of amides is 2. The first-order chi connectivity index (χ1) is 15.0. The van der Waals surface area contributed by atoms with Crippen LogP contribution in [0.4, 0.5) is 4.79 Å². The third-order valence-electron chi connectivity index (χ3n) is 6.22. The molecule has 3 heterocycles. The van der Waals surface area contributed by atoms with Crippen molar-refractivity contribution in [1.82, 2.24) is 9.80 Å². The first-order valence-corrected chi connectivity index (χ1v) is 14.6. The van der Waals surface area contributed by atoms with Gasteiger partial charge in [-0.25, -0.2) is 4.79 Å². The van der Waals surface area contributed by atoms with Gasteiger partial charge in [0.05, 0.1) is 35.8 Å². The van der Waals surface area contributed by atoms with E-state index in [0.29, 0.717) is 18.5 Å². The van der Waals surface area contributed by atoms with Gasteiger partial charge in [-0.2, -0.15) is 0 Å². The molecule has 0 aliphatic carbocycles. The van der Waals surface area contributed by atoms with Crippen LogP contribution in [0.3, 0.4) is 0 Å². The summed E-state index contributed by atoms with van der Waals surface area (Å²) in [4.78, 5) is 40.2. The number of hydrogen-bond donors (Lipinski definition) is 0. The second kappa shape index (κ2) is 9.23. The van der Waals surface area contributed by atoms with Crippen LogP contribution in [0.15, 0.2) is 35.6 Å². The third-order valence-corrected chi connectivity index (χ3v) is 7.30. The third kappa shape index (κ3) is 4.68. The summed E-state index contributed by atoms with van der Waals surface area (Å²) < 4.78 is 11.3. The number of ether oxygens (including phenoxy) is 1. The van der Waals surface area contributed by atoms with Crippen LogP contribution in [0, 0.1) is 5.92 Å². The van der Waals surface area contributed by atoms with Crippen molar-refractivity contribution in [2.75, 3.05) is 13.2 Å². The number of allylic oxidation sites excluding steroid dienone is 1. The molecule has 8 nitrogen and oxygen atoms in total. The number of likely N-dealkylation sites (tertiary alicyclic amines) is 1. The van der Waals surface area contributed by atoms with E-state index in [1.165, 1.54) is 11.0 Å².